The van der Waals surface area contributed by atoms with Gasteiger partial charge in [0.1, 0.15) is 47.7 Å². The van der Waals surface area contributed by atoms with Crippen molar-refractivity contribution in [2.24, 2.45) is 10.8 Å². The first-order valence-corrected chi connectivity index (χ1v) is 12.1. The molecule has 2 aromatic rings. The topological polar surface area (TPSA) is 231 Å². The lowest BCUT2D eigenvalue weighted by Crippen LogP contribution is -2.42. The van der Waals surface area contributed by atoms with Crippen LogP contribution < -0.4 is 11.5 Å². The minimum atomic E-state index is -1.27. The van der Waals surface area contributed by atoms with E-state index in [1.807, 2.05) is 0 Å². The van der Waals surface area contributed by atoms with Gasteiger partial charge in [-0.2, -0.15) is 0 Å². The maximum atomic E-state index is 11.3. The lowest BCUT2D eigenvalue weighted by Gasteiger charge is -2.16. The SMILES string of the molecule is [N-]=[N+]=NCCCC#CC[S+](C[C@H](N)C(=O)O)C[C@H]1O[C@@H](n2cnc3c(N)ncnc32)C(O)[C@H]1O. The lowest BCUT2D eigenvalue weighted by atomic mass is 10.1. The largest absolute Gasteiger partial charge is 0.480 e. The zero-order chi connectivity index (χ0) is 24.7. The molecule has 0 aromatic carbocycles. The van der Waals surface area contributed by atoms with Crippen LogP contribution >= 0.6 is 0 Å². The molecule has 0 aliphatic carbocycles. The molecule has 182 valence electrons. The van der Waals surface area contributed by atoms with E-state index in [9.17, 15) is 20.1 Å². The first kappa shape index (κ1) is 25.5. The fourth-order valence-corrected chi connectivity index (χ4v) is 5.49. The van der Waals surface area contributed by atoms with Gasteiger partial charge in [0.15, 0.2) is 23.4 Å². The van der Waals surface area contributed by atoms with E-state index in [1.165, 1.54) is 17.2 Å². The molecule has 1 aliphatic heterocycles. The van der Waals surface area contributed by atoms with Crippen molar-refractivity contribution in [2.75, 3.05) is 29.5 Å². The van der Waals surface area contributed by atoms with Gasteiger partial charge >= 0.3 is 5.97 Å². The van der Waals surface area contributed by atoms with Crippen LogP contribution in [0, 0.1) is 11.8 Å². The Morgan fingerprint density at radius 3 is 2.88 bits per heavy atom. The van der Waals surface area contributed by atoms with Crippen LogP contribution in [0.25, 0.3) is 21.6 Å². The van der Waals surface area contributed by atoms with Gasteiger partial charge in [-0.05, 0) is 17.9 Å². The van der Waals surface area contributed by atoms with Gasteiger partial charge in [-0.15, -0.1) is 0 Å². The summed E-state index contributed by atoms with van der Waals surface area (Å²) in [4.78, 5) is 26.1. The standard InChI is InChI=1S/C19H25N9O5S/c20-11(19(31)32)7-34(6-4-2-1-3-5-26-27-22)8-12-14(29)15(30)18(33-12)28-10-25-13-16(21)23-9-24-17(13)28/h9-12,14-15,18,29-30H,1,3,5-8,20H2,(H2-,21,23,24,31,32)/p+1/t11-,12+,14-,15?,18+,34?/m0/s1. The fourth-order valence-electron chi connectivity index (χ4n) is 3.42. The van der Waals surface area contributed by atoms with Gasteiger partial charge in [0.05, 0.1) is 6.33 Å². The summed E-state index contributed by atoms with van der Waals surface area (Å²) in [5, 5.41) is 34.0. The van der Waals surface area contributed by atoms with E-state index in [1.54, 1.807) is 0 Å². The number of ether oxygens (including phenoxy) is 1. The van der Waals surface area contributed by atoms with Gasteiger partial charge < -0.3 is 31.5 Å². The summed E-state index contributed by atoms with van der Waals surface area (Å²) >= 11 is 0. The monoisotopic (exact) mass is 492 g/mol. The molecule has 0 amide bonds. The maximum Gasteiger partial charge on any atom is 0.325 e. The number of imidazole rings is 1. The van der Waals surface area contributed by atoms with E-state index in [0.717, 1.165) is 0 Å². The minimum absolute atomic E-state index is 0.147. The number of hydrogen-bond acceptors (Lipinski definition) is 10. The van der Waals surface area contributed by atoms with Crippen molar-refractivity contribution >= 4 is 33.8 Å². The van der Waals surface area contributed by atoms with Crippen molar-refractivity contribution < 1.29 is 24.9 Å². The second kappa shape index (κ2) is 11.8. The lowest BCUT2D eigenvalue weighted by molar-refractivity contribution is -0.137. The summed E-state index contributed by atoms with van der Waals surface area (Å²) in [5.74, 6) is 5.79. The number of unbranched alkanes of at least 4 members (excludes halogenated alkanes) is 1. The summed E-state index contributed by atoms with van der Waals surface area (Å²) < 4.78 is 7.45. The predicted molar refractivity (Wildman–Crippen MR) is 124 cm³/mol. The first-order chi connectivity index (χ1) is 16.3. The molecule has 3 rings (SSSR count). The molecule has 1 aliphatic rings. The molecule has 2 aromatic heterocycles. The number of aliphatic hydroxyl groups excluding tert-OH is 2. The predicted octanol–water partition coefficient (Wildman–Crippen LogP) is -0.848. The number of carbonyl (C=O) groups is 1. The van der Waals surface area contributed by atoms with Crippen LogP contribution in [0.3, 0.4) is 0 Å². The number of fused-ring (bicyclic) bond motifs is 1. The Kier molecular flexibility index (Phi) is 8.88. The van der Waals surface area contributed by atoms with E-state index in [4.69, 9.17) is 21.7 Å². The third kappa shape index (κ3) is 6.06. The Morgan fingerprint density at radius 1 is 1.35 bits per heavy atom. The van der Waals surface area contributed by atoms with Crippen LogP contribution in [0.15, 0.2) is 17.8 Å². The molecule has 7 N–H and O–H groups in total. The normalized spacial score (nSPS) is 23.6. The minimum Gasteiger partial charge on any atom is -0.480 e. The molecular weight excluding hydrogens is 466 g/mol. The second-order valence-corrected chi connectivity index (χ2v) is 9.76. The third-order valence-corrected chi connectivity index (χ3v) is 7.34. The van der Waals surface area contributed by atoms with Crippen molar-refractivity contribution in [2.45, 2.75) is 43.4 Å². The van der Waals surface area contributed by atoms with E-state index in [2.05, 4.69) is 36.8 Å². The van der Waals surface area contributed by atoms with Crippen LogP contribution in [0.4, 0.5) is 5.82 Å². The average Bonchev–Trinajstić information content (AvgIpc) is 3.35. The second-order valence-electron chi connectivity index (χ2n) is 7.58. The summed E-state index contributed by atoms with van der Waals surface area (Å²) in [6.07, 6.45) is -0.439. The number of rotatable bonds is 10. The Labute approximate surface area is 197 Å². The molecule has 3 heterocycles. The molecule has 1 fully saturated rings. The van der Waals surface area contributed by atoms with E-state index >= 15 is 0 Å². The number of azide groups is 1. The molecule has 1 saturated heterocycles. The number of anilines is 1. The number of aromatic nitrogens is 4. The number of hydrogen-bond donors (Lipinski definition) is 5. The van der Waals surface area contributed by atoms with Crippen molar-refractivity contribution in [3.8, 4) is 11.8 Å². The Balaban J connectivity index is 1.70. The molecule has 2 unspecified atom stereocenters. The fraction of sp³-hybridized carbons (Fsp3) is 0.579. The summed E-state index contributed by atoms with van der Waals surface area (Å²) in [6.45, 7) is 0.349. The molecule has 0 saturated carbocycles. The number of aliphatic hydroxyl groups is 2. The highest BCUT2D eigenvalue weighted by Gasteiger charge is 2.47. The number of nitrogens with two attached hydrogens (primary N) is 2. The molecule has 0 spiro atoms. The number of nitrogen functional groups attached to an aromatic ring is 1. The van der Waals surface area contributed by atoms with Crippen LogP contribution in [-0.4, -0.2) is 89.0 Å². The highest BCUT2D eigenvalue weighted by atomic mass is 32.2. The molecule has 6 atom stereocenters. The average molecular weight is 493 g/mol. The smallest absolute Gasteiger partial charge is 0.325 e. The van der Waals surface area contributed by atoms with E-state index in [0.29, 0.717) is 36.3 Å². The van der Waals surface area contributed by atoms with Crippen molar-refractivity contribution in [3.05, 3.63) is 23.1 Å². The van der Waals surface area contributed by atoms with Gasteiger partial charge in [0.2, 0.25) is 0 Å². The van der Waals surface area contributed by atoms with Crippen LogP contribution in [0.2, 0.25) is 0 Å². The van der Waals surface area contributed by atoms with Gasteiger partial charge in [0.25, 0.3) is 0 Å². The van der Waals surface area contributed by atoms with E-state index < -0.39 is 47.4 Å². The Morgan fingerprint density at radius 2 is 2.15 bits per heavy atom. The van der Waals surface area contributed by atoms with Crippen molar-refractivity contribution in [1.82, 2.24) is 19.5 Å². The van der Waals surface area contributed by atoms with Gasteiger partial charge in [0, 0.05) is 28.8 Å². The molecular formula is C19H26N9O5S+. The molecule has 0 bridgehead atoms. The summed E-state index contributed by atoms with van der Waals surface area (Å²) in [7, 11) is -0.630. The van der Waals surface area contributed by atoms with Crippen molar-refractivity contribution in [3.63, 3.8) is 0 Å². The van der Waals surface area contributed by atoms with Crippen molar-refractivity contribution in [1.29, 1.82) is 0 Å². The summed E-state index contributed by atoms with van der Waals surface area (Å²) in [6, 6.07) is -1.09. The number of carboxylic acids is 1. The molecule has 14 nitrogen and oxygen atoms in total. The summed E-state index contributed by atoms with van der Waals surface area (Å²) in [5.41, 5.74) is 20.5. The number of nitrogens with zero attached hydrogens (tertiary/aromatic N) is 7. The van der Waals surface area contributed by atoms with Gasteiger partial charge in [-0.3, -0.25) is 9.36 Å². The number of carboxylic acid groups (broad SMARTS) is 1. The third-order valence-electron chi connectivity index (χ3n) is 5.16. The van der Waals surface area contributed by atoms with Gasteiger partial charge in [-0.25, -0.2) is 15.0 Å². The zero-order valence-corrected chi connectivity index (χ0v) is 19.0. The highest BCUT2D eigenvalue weighted by molar-refractivity contribution is 7.97. The van der Waals surface area contributed by atoms with Crippen LogP contribution in [-0.2, 0) is 20.4 Å². The van der Waals surface area contributed by atoms with Crippen LogP contribution in [0.5, 0.6) is 0 Å². The molecule has 0 radical (unpaired) electrons. The Hall–Kier alpha value is -3.12. The molecule has 34 heavy (non-hydrogen) atoms. The molecule has 15 heteroatoms. The highest BCUT2D eigenvalue weighted by Crippen LogP contribution is 2.32. The van der Waals surface area contributed by atoms with E-state index in [-0.39, 0.29) is 17.3 Å². The first-order valence-electron chi connectivity index (χ1n) is 10.4. The van der Waals surface area contributed by atoms with Gasteiger partial charge in [-0.1, -0.05) is 11.0 Å². The maximum absolute atomic E-state index is 11.3. The Bertz CT molecular complexity index is 1110. The quantitative estimate of drug-likeness (QED) is 0.0688. The van der Waals surface area contributed by atoms with Crippen LogP contribution in [0.1, 0.15) is 19.1 Å². The zero-order valence-electron chi connectivity index (χ0n) is 18.1. The number of aliphatic carboxylic acids is 1.